The molecule has 2 aliphatic carbocycles. The Balaban J connectivity index is 1.85. The van der Waals surface area contributed by atoms with E-state index in [9.17, 15) is 14.7 Å². The van der Waals surface area contributed by atoms with E-state index in [0.717, 1.165) is 50.5 Å². The molecule has 2 N–H and O–H groups in total. The second-order valence-corrected chi connectivity index (χ2v) is 13.1. The highest BCUT2D eigenvalue weighted by atomic mass is 16.6. The summed E-state index contributed by atoms with van der Waals surface area (Å²) in [6.07, 6.45) is 6.77. The Labute approximate surface area is 229 Å². The minimum absolute atomic E-state index is 0.0459. The summed E-state index contributed by atoms with van der Waals surface area (Å²) in [5, 5.41) is 23.6. The first kappa shape index (κ1) is 30.2. The molecule has 1 aromatic rings. The number of nitrogens with zero attached hydrogens (tertiary/aromatic N) is 1. The van der Waals surface area contributed by atoms with Crippen molar-refractivity contribution < 1.29 is 19.4 Å². The molecule has 1 aromatic carbocycles. The molecule has 210 valence electrons. The summed E-state index contributed by atoms with van der Waals surface area (Å²) < 4.78 is 6.06. The first-order valence-corrected chi connectivity index (χ1v) is 14.6. The number of esters is 1. The fourth-order valence-corrected chi connectivity index (χ4v) is 6.64. The van der Waals surface area contributed by atoms with E-state index in [1.807, 2.05) is 6.92 Å². The number of nitrogens with one attached hydrogen (secondary N) is 1. The Morgan fingerprint density at radius 3 is 2.29 bits per heavy atom. The van der Waals surface area contributed by atoms with Gasteiger partial charge in [-0.2, -0.15) is 5.26 Å². The lowest BCUT2D eigenvalue weighted by molar-refractivity contribution is -0.188. The third-order valence-electron chi connectivity index (χ3n) is 9.30. The molecule has 1 amide bonds. The molecule has 0 aromatic heterocycles. The van der Waals surface area contributed by atoms with Gasteiger partial charge in [0.05, 0.1) is 12.5 Å². The number of hydrogen-bond acceptors (Lipinski definition) is 5. The lowest BCUT2D eigenvalue weighted by Crippen LogP contribution is -2.55. The van der Waals surface area contributed by atoms with Gasteiger partial charge in [0.1, 0.15) is 5.60 Å². The van der Waals surface area contributed by atoms with Gasteiger partial charge in [-0.1, -0.05) is 53.2 Å². The summed E-state index contributed by atoms with van der Waals surface area (Å²) in [6, 6.07) is 9.04. The predicted molar refractivity (Wildman–Crippen MR) is 150 cm³/mol. The second-order valence-electron chi connectivity index (χ2n) is 13.1. The molecule has 0 spiro atoms. The number of ether oxygens (including phenoxy) is 1. The molecule has 6 heteroatoms. The third-order valence-corrected chi connectivity index (χ3v) is 9.30. The number of rotatable bonds is 9. The standard InChI is InChI=1S/C32H48N2O4/c1-21(2)25-13-16-31(6,17-14-25)38-30(36)32(37,20-26-19-23(5)7-12-28(26)22(3)4)29(35)34-27-10-8-24(9-11-27)15-18-33/h8-11,21-23,25-26,28,37H,7,12-17,19-20H2,1-6H3,(H,34,35). The number of aliphatic hydroxyl groups is 1. The van der Waals surface area contributed by atoms with Crippen molar-refractivity contribution in [2.45, 2.75) is 111 Å². The fourth-order valence-electron chi connectivity index (χ4n) is 6.64. The highest BCUT2D eigenvalue weighted by molar-refractivity contribution is 6.11. The van der Waals surface area contributed by atoms with Crippen molar-refractivity contribution in [1.82, 2.24) is 0 Å². The van der Waals surface area contributed by atoms with Crippen LogP contribution in [0, 0.1) is 46.8 Å². The summed E-state index contributed by atoms with van der Waals surface area (Å²) in [4.78, 5) is 27.5. The number of carbonyl (C=O) groups is 2. The summed E-state index contributed by atoms with van der Waals surface area (Å²) >= 11 is 0. The maximum Gasteiger partial charge on any atom is 0.348 e. The third kappa shape index (κ3) is 7.38. The maximum absolute atomic E-state index is 13.8. The van der Waals surface area contributed by atoms with Crippen molar-refractivity contribution in [1.29, 1.82) is 5.26 Å². The lowest BCUT2D eigenvalue weighted by atomic mass is 9.66. The number of carbonyl (C=O) groups excluding carboxylic acids is 2. The zero-order chi connectivity index (χ0) is 28.1. The van der Waals surface area contributed by atoms with Crippen LogP contribution in [0.5, 0.6) is 0 Å². The molecule has 0 heterocycles. The molecular weight excluding hydrogens is 476 g/mol. The van der Waals surface area contributed by atoms with Gasteiger partial charge in [-0.15, -0.1) is 0 Å². The molecule has 2 aliphatic rings. The van der Waals surface area contributed by atoms with Crippen LogP contribution in [-0.4, -0.2) is 28.2 Å². The molecule has 6 nitrogen and oxygen atoms in total. The highest BCUT2D eigenvalue weighted by Gasteiger charge is 2.51. The fraction of sp³-hybridized carbons (Fsp3) is 0.719. The summed E-state index contributed by atoms with van der Waals surface area (Å²) in [5.41, 5.74) is -1.66. The molecule has 4 unspecified atom stereocenters. The highest BCUT2D eigenvalue weighted by Crippen LogP contribution is 2.43. The van der Waals surface area contributed by atoms with Gasteiger partial charge in [0.15, 0.2) is 0 Å². The van der Waals surface area contributed by atoms with E-state index in [0.29, 0.717) is 35.3 Å². The topological polar surface area (TPSA) is 99.4 Å². The average molecular weight is 525 g/mol. The van der Waals surface area contributed by atoms with Crippen LogP contribution in [0.15, 0.2) is 24.3 Å². The van der Waals surface area contributed by atoms with Crippen molar-refractivity contribution in [3.05, 3.63) is 29.8 Å². The van der Waals surface area contributed by atoms with Gasteiger partial charge in [-0.05, 0) is 105 Å². The van der Waals surface area contributed by atoms with Crippen LogP contribution in [0.3, 0.4) is 0 Å². The van der Waals surface area contributed by atoms with Crippen LogP contribution in [0.4, 0.5) is 5.69 Å². The van der Waals surface area contributed by atoms with E-state index in [2.05, 4.69) is 46.0 Å². The first-order chi connectivity index (χ1) is 17.9. The zero-order valence-corrected chi connectivity index (χ0v) is 24.3. The summed E-state index contributed by atoms with van der Waals surface area (Å²) in [6.45, 7) is 13.0. The average Bonchev–Trinajstić information content (AvgIpc) is 2.85. The molecule has 0 saturated heterocycles. The maximum atomic E-state index is 13.8. The largest absolute Gasteiger partial charge is 0.457 e. The van der Waals surface area contributed by atoms with Gasteiger partial charge in [-0.3, -0.25) is 4.79 Å². The zero-order valence-electron chi connectivity index (χ0n) is 24.3. The van der Waals surface area contributed by atoms with Crippen LogP contribution in [0.1, 0.15) is 98.5 Å². The molecule has 2 saturated carbocycles. The number of nitriles is 1. The van der Waals surface area contributed by atoms with E-state index in [4.69, 9.17) is 10.00 Å². The van der Waals surface area contributed by atoms with Crippen molar-refractivity contribution in [2.75, 3.05) is 5.32 Å². The van der Waals surface area contributed by atoms with Crippen LogP contribution >= 0.6 is 0 Å². The molecule has 0 bridgehead atoms. The first-order valence-electron chi connectivity index (χ1n) is 14.6. The van der Waals surface area contributed by atoms with Gasteiger partial charge in [0.2, 0.25) is 5.60 Å². The van der Waals surface area contributed by atoms with E-state index in [1.165, 1.54) is 0 Å². The monoisotopic (exact) mass is 524 g/mol. The quantitative estimate of drug-likeness (QED) is 0.278. The summed E-state index contributed by atoms with van der Waals surface area (Å²) in [7, 11) is 0. The van der Waals surface area contributed by atoms with E-state index in [-0.39, 0.29) is 18.8 Å². The summed E-state index contributed by atoms with van der Waals surface area (Å²) in [5.74, 6) is 0.868. The predicted octanol–water partition coefficient (Wildman–Crippen LogP) is 6.67. The molecule has 0 radical (unpaired) electrons. The van der Waals surface area contributed by atoms with Crippen molar-refractivity contribution in [3.8, 4) is 6.07 Å². The Kier molecular flexibility index (Phi) is 10.0. The molecule has 4 atom stereocenters. The van der Waals surface area contributed by atoms with Crippen LogP contribution in [0.25, 0.3) is 0 Å². The van der Waals surface area contributed by atoms with E-state index < -0.39 is 23.1 Å². The lowest BCUT2D eigenvalue weighted by Gasteiger charge is -2.42. The molecule has 0 aliphatic heterocycles. The number of benzene rings is 1. The normalized spacial score (nSPS) is 29.4. The SMILES string of the molecule is CC1CCC(C(C)C)C(CC(O)(C(=O)Nc2ccc(CC#N)cc2)C(=O)OC2(C)CCC(C(C)C)CC2)C1. The van der Waals surface area contributed by atoms with Gasteiger partial charge in [-0.25, -0.2) is 4.79 Å². The van der Waals surface area contributed by atoms with Crippen LogP contribution < -0.4 is 5.32 Å². The van der Waals surface area contributed by atoms with Crippen molar-refractivity contribution in [2.24, 2.45) is 35.5 Å². The van der Waals surface area contributed by atoms with Crippen molar-refractivity contribution in [3.63, 3.8) is 0 Å². The van der Waals surface area contributed by atoms with E-state index >= 15 is 0 Å². The Morgan fingerprint density at radius 1 is 1.11 bits per heavy atom. The van der Waals surface area contributed by atoms with Crippen LogP contribution in [-0.2, 0) is 20.7 Å². The van der Waals surface area contributed by atoms with Gasteiger partial charge in [0.25, 0.3) is 5.91 Å². The van der Waals surface area contributed by atoms with Gasteiger partial charge >= 0.3 is 5.97 Å². The van der Waals surface area contributed by atoms with Gasteiger partial charge in [0, 0.05) is 5.69 Å². The molecule has 3 rings (SSSR count). The Hall–Kier alpha value is -2.39. The molecular formula is C32H48N2O4. The van der Waals surface area contributed by atoms with Crippen LogP contribution in [0.2, 0.25) is 0 Å². The minimum atomic E-state index is -2.28. The van der Waals surface area contributed by atoms with Crippen molar-refractivity contribution >= 4 is 17.6 Å². The van der Waals surface area contributed by atoms with E-state index in [1.54, 1.807) is 24.3 Å². The number of hydrogen-bond donors (Lipinski definition) is 2. The Morgan fingerprint density at radius 2 is 1.74 bits per heavy atom. The number of anilines is 1. The van der Waals surface area contributed by atoms with Gasteiger partial charge < -0.3 is 15.2 Å². The minimum Gasteiger partial charge on any atom is -0.457 e. The smallest absolute Gasteiger partial charge is 0.348 e. The number of amides is 1. The second kappa shape index (κ2) is 12.6. The molecule has 2 fully saturated rings. The Bertz CT molecular complexity index is 988. The molecule has 38 heavy (non-hydrogen) atoms.